The van der Waals surface area contributed by atoms with E-state index in [-0.39, 0.29) is 17.9 Å². The lowest BCUT2D eigenvalue weighted by atomic mass is 10.0. The highest BCUT2D eigenvalue weighted by molar-refractivity contribution is 6.35. The van der Waals surface area contributed by atoms with Crippen LogP contribution in [0, 0.1) is 6.92 Å². The van der Waals surface area contributed by atoms with E-state index in [1.807, 2.05) is 31.2 Å². The topological polar surface area (TPSA) is 49.9 Å². The normalized spacial score (nSPS) is 22.6. The summed E-state index contributed by atoms with van der Waals surface area (Å²) in [7, 11) is 0. The predicted molar refractivity (Wildman–Crippen MR) is 104 cm³/mol. The third kappa shape index (κ3) is 3.53. The van der Waals surface area contributed by atoms with Crippen molar-refractivity contribution in [3.05, 3.63) is 41.1 Å². The molecule has 0 bridgehead atoms. The molecule has 0 unspecified atom stereocenters. The van der Waals surface area contributed by atoms with Gasteiger partial charge in [-0.25, -0.2) is 0 Å². The van der Waals surface area contributed by atoms with E-state index in [1.165, 1.54) is 12.8 Å². The summed E-state index contributed by atoms with van der Waals surface area (Å²) >= 11 is 0. The third-order valence-electron chi connectivity index (χ3n) is 5.95. The molecule has 2 amide bonds. The molecule has 0 N–H and O–H groups in total. The minimum absolute atomic E-state index is 0.0338. The second-order valence-corrected chi connectivity index (χ2v) is 7.81. The van der Waals surface area contributed by atoms with Gasteiger partial charge in [-0.1, -0.05) is 55.5 Å². The third-order valence-corrected chi connectivity index (χ3v) is 5.95. The zero-order valence-electron chi connectivity index (χ0n) is 16.1. The van der Waals surface area contributed by atoms with Crippen LogP contribution in [0.2, 0.25) is 0 Å². The van der Waals surface area contributed by atoms with Gasteiger partial charge in [-0.3, -0.25) is 14.5 Å². The number of nitrogens with zero attached hydrogens (tertiary/aromatic N) is 2. The number of rotatable bonds is 3. The van der Waals surface area contributed by atoms with E-state index in [4.69, 9.17) is 4.74 Å². The Morgan fingerprint density at radius 1 is 0.889 bits per heavy atom. The quantitative estimate of drug-likeness (QED) is 0.608. The fraction of sp³-hybridized carbons (Fsp3) is 0.545. The average Bonchev–Trinajstić information content (AvgIpc) is 2.85. The maximum atomic E-state index is 13.5. The molecular weight excluding hydrogens is 340 g/mol. The molecule has 27 heavy (non-hydrogen) atoms. The van der Waals surface area contributed by atoms with Crippen molar-refractivity contribution in [2.24, 2.45) is 0 Å². The van der Waals surface area contributed by atoms with Crippen LogP contribution in [-0.2, 0) is 14.3 Å². The van der Waals surface area contributed by atoms with Gasteiger partial charge in [-0.15, -0.1) is 0 Å². The van der Waals surface area contributed by atoms with Gasteiger partial charge in [0.05, 0.1) is 18.8 Å². The number of hydrogen-bond acceptors (Lipinski definition) is 4. The second-order valence-electron chi connectivity index (χ2n) is 7.81. The van der Waals surface area contributed by atoms with E-state index in [0.717, 1.165) is 36.8 Å². The first-order valence-electron chi connectivity index (χ1n) is 10.2. The molecule has 2 aliphatic heterocycles. The number of hydrogen-bond donors (Lipinski definition) is 0. The molecule has 0 spiro atoms. The summed E-state index contributed by atoms with van der Waals surface area (Å²) in [6, 6.07) is 7.97. The Labute approximate surface area is 161 Å². The van der Waals surface area contributed by atoms with Gasteiger partial charge in [0.1, 0.15) is 5.70 Å². The Hall–Kier alpha value is -2.14. The Bertz CT molecular complexity index is 739. The Balaban J connectivity index is 1.73. The van der Waals surface area contributed by atoms with Gasteiger partial charge in [-0.2, -0.15) is 0 Å². The Morgan fingerprint density at radius 2 is 1.52 bits per heavy atom. The van der Waals surface area contributed by atoms with Crippen molar-refractivity contribution < 1.29 is 14.3 Å². The molecule has 0 aromatic heterocycles. The number of benzene rings is 1. The van der Waals surface area contributed by atoms with Gasteiger partial charge in [0, 0.05) is 19.1 Å². The Kier molecular flexibility index (Phi) is 5.30. The maximum Gasteiger partial charge on any atom is 0.278 e. The fourth-order valence-electron chi connectivity index (χ4n) is 4.44. The molecule has 1 aromatic rings. The number of ether oxygens (including phenoxy) is 1. The number of morpholine rings is 1. The molecule has 144 valence electrons. The molecular formula is C22H28N2O3. The first kappa shape index (κ1) is 18.2. The molecule has 3 aliphatic rings. The van der Waals surface area contributed by atoms with Crippen LogP contribution in [-0.4, -0.2) is 54.0 Å². The summed E-state index contributed by atoms with van der Waals surface area (Å²) in [5.41, 5.74) is 3.14. The number of carbonyl (C=O) groups excluding carboxylic acids is 2. The molecule has 4 rings (SSSR count). The second kappa shape index (κ2) is 7.85. The van der Waals surface area contributed by atoms with E-state index < -0.39 is 0 Å². The minimum Gasteiger partial charge on any atom is -0.378 e. The van der Waals surface area contributed by atoms with Crippen LogP contribution in [0.25, 0.3) is 5.57 Å². The lowest BCUT2D eigenvalue weighted by molar-refractivity contribution is -0.140. The molecule has 1 aromatic carbocycles. The smallest absolute Gasteiger partial charge is 0.278 e. The lowest BCUT2D eigenvalue weighted by Crippen LogP contribution is -2.44. The average molecular weight is 368 g/mol. The van der Waals surface area contributed by atoms with Gasteiger partial charge in [-0.05, 0) is 25.3 Å². The molecule has 5 heteroatoms. The summed E-state index contributed by atoms with van der Waals surface area (Å²) < 4.78 is 5.46. The summed E-state index contributed by atoms with van der Waals surface area (Å²) in [4.78, 5) is 30.5. The predicted octanol–water partition coefficient (Wildman–Crippen LogP) is 3.13. The summed E-state index contributed by atoms with van der Waals surface area (Å²) in [6.07, 6.45) is 6.43. The fourth-order valence-corrected chi connectivity index (χ4v) is 4.44. The molecule has 5 nitrogen and oxygen atoms in total. The van der Waals surface area contributed by atoms with Crippen LogP contribution in [0.4, 0.5) is 0 Å². The number of carbonyl (C=O) groups is 2. The summed E-state index contributed by atoms with van der Waals surface area (Å²) in [5, 5.41) is 0. The maximum absolute atomic E-state index is 13.5. The molecule has 1 saturated heterocycles. The highest BCUT2D eigenvalue weighted by Crippen LogP contribution is 2.36. The highest BCUT2D eigenvalue weighted by atomic mass is 16.5. The molecule has 1 aliphatic carbocycles. The van der Waals surface area contributed by atoms with E-state index >= 15 is 0 Å². The number of amides is 2. The van der Waals surface area contributed by atoms with Crippen molar-refractivity contribution in [1.82, 2.24) is 9.80 Å². The van der Waals surface area contributed by atoms with E-state index in [1.54, 1.807) is 4.90 Å². The van der Waals surface area contributed by atoms with E-state index in [9.17, 15) is 9.59 Å². The van der Waals surface area contributed by atoms with Gasteiger partial charge in [0.15, 0.2) is 0 Å². The first-order chi connectivity index (χ1) is 13.2. The van der Waals surface area contributed by atoms with Crippen molar-refractivity contribution in [2.75, 3.05) is 26.3 Å². The number of aryl methyl sites for hydroxylation is 1. The largest absolute Gasteiger partial charge is 0.378 e. The molecule has 1 saturated carbocycles. The molecule has 0 radical (unpaired) electrons. The van der Waals surface area contributed by atoms with Crippen LogP contribution in [0.1, 0.15) is 49.7 Å². The monoisotopic (exact) mass is 368 g/mol. The van der Waals surface area contributed by atoms with Gasteiger partial charge in [0.2, 0.25) is 0 Å². The van der Waals surface area contributed by atoms with Crippen LogP contribution >= 0.6 is 0 Å². The van der Waals surface area contributed by atoms with Crippen molar-refractivity contribution in [3.8, 4) is 0 Å². The zero-order chi connectivity index (χ0) is 18.8. The van der Waals surface area contributed by atoms with Crippen molar-refractivity contribution in [1.29, 1.82) is 0 Å². The van der Waals surface area contributed by atoms with Gasteiger partial charge >= 0.3 is 0 Å². The lowest BCUT2D eigenvalue weighted by Gasteiger charge is -2.31. The minimum atomic E-state index is -0.114. The standard InChI is InChI=1S/C22H28N2O3/c1-16-8-10-17(11-9-16)19-20(23-12-14-27-15-13-23)22(26)24(21(19)25)18-6-4-2-3-5-7-18/h8-11,18H,2-7,12-15H2,1H3. The summed E-state index contributed by atoms with van der Waals surface area (Å²) in [5.74, 6) is -0.221. The van der Waals surface area contributed by atoms with Crippen molar-refractivity contribution in [3.63, 3.8) is 0 Å². The molecule has 0 atom stereocenters. The highest BCUT2D eigenvalue weighted by Gasteiger charge is 2.44. The zero-order valence-corrected chi connectivity index (χ0v) is 16.1. The van der Waals surface area contributed by atoms with Crippen LogP contribution in [0.15, 0.2) is 30.0 Å². The SMILES string of the molecule is Cc1ccc(C2=C(N3CCOCC3)C(=O)N(C3CCCCCC3)C2=O)cc1. The van der Waals surface area contributed by atoms with Gasteiger partial charge in [0.25, 0.3) is 11.8 Å². The Morgan fingerprint density at radius 3 is 2.15 bits per heavy atom. The molecule has 2 fully saturated rings. The van der Waals surface area contributed by atoms with E-state index in [2.05, 4.69) is 4.90 Å². The van der Waals surface area contributed by atoms with Crippen LogP contribution < -0.4 is 0 Å². The number of imide groups is 1. The van der Waals surface area contributed by atoms with Crippen LogP contribution in [0.3, 0.4) is 0 Å². The van der Waals surface area contributed by atoms with E-state index in [0.29, 0.717) is 37.6 Å². The summed E-state index contributed by atoms with van der Waals surface area (Å²) in [6.45, 7) is 4.52. The van der Waals surface area contributed by atoms with Crippen LogP contribution in [0.5, 0.6) is 0 Å². The van der Waals surface area contributed by atoms with Gasteiger partial charge < -0.3 is 9.64 Å². The van der Waals surface area contributed by atoms with Crippen molar-refractivity contribution in [2.45, 2.75) is 51.5 Å². The molecule has 2 heterocycles. The van der Waals surface area contributed by atoms with Crippen molar-refractivity contribution >= 4 is 17.4 Å². The first-order valence-corrected chi connectivity index (χ1v) is 10.2.